The van der Waals surface area contributed by atoms with Gasteiger partial charge in [-0.15, -0.1) is 0 Å². The van der Waals surface area contributed by atoms with Crippen molar-refractivity contribution in [3.05, 3.63) is 0 Å². The van der Waals surface area contributed by atoms with Gasteiger partial charge < -0.3 is 9.64 Å². The van der Waals surface area contributed by atoms with E-state index in [1.54, 1.807) is 6.92 Å². The third kappa shape index (κ3) is 2.06. The maximum absolute atomic E-state index is 7.43. The molecule has 2 fully saturated rings. The molecule has 2 bridgehead atoms. The van der Waals surface area contributed by atoms with Crippen molar-refractivity contribution in [3.8, 4) is 0 Å². The van der Waals surface area contributed by atoms with Gasteiger partial charge >= 0.3 is 0 Å². The number of ether oxygens (including phenoxy) is 1. The molecule has 2 rings (SSSR count). The fraction of sp³-hybridized carbons (Fsp3) is 0.700. The second-order valence-electron chi connectivity index (χ2n) is 4.12. The molecule has 2 saturated heterocycles. The van der Waals surface area contributed by atoms with Gasteiger partial charge in [-0.1, -0.05) is 0 Å². The highest BCUT2D eigenvalue weighted by atomic mass is 16.5. The average Bonchev–Trinajstić information content (AvgIpc) is 2.47. The Morgan fingerprint density at radius 1 is 1.44 bits per heavy atom. The van der Waals surface area contributed by atoms with Gasteiger partial charge in [-0.3, -0.25) is 5.41 Å². The Morgan fingerprint density at radius 3 is 2.56 bits per heavy atom. The first kappa shape index (κ1) is 11.1. The molecule has 0 radical (unpaired) electrons. The first-order valence-corrected chi connectivity index (χ1v) is 5.44. The minimum absolute atomic E-state index is 0.261. The van der Waals surface area contributed by atoms with Gasteiger partial charge in [-0.2, -0.15) is 10.1 Å². The number of morpholine rings is 1. The molecule has 2 atom stereocenters. The Bertz CT molecular complexity index is 311. The van der Waals surface area contributed by atoms with Gasteiger partial charge in [-0.05, 0) is 19.8 Å². The van der Waals surface area contributed by atoms with Gasteiger partial charge in [0.1, 0.15) is 5.84 Å². The third-order valence-electron chi connectivity index (χ3n) is 2.94. The molecule has 0 aromatic heterocycles. The smallest absolute Gasteiger partial charge is 0.221 e. The lowest BCUT2D eigenvalue weighted by Crippen LogP contribution is -2.53. The fourth-order valence-corrected chi connectivity index (χ4v) is 2.34. The summed E-state index contributed by atoms with van der Waals surface area (Å²) < 4.78 is 5.50. The van der Waals surface area contributed by atoms with Crippen molar-refractivity contribution >= 4 is 18.5 Å². The Labute approximate surface area is 94.9 Å². The van der Waals surface area contributed by atoms with Gasteiger partial charge in [0.25, 0.3) is 0 Å². The summed E-state index contributed by atoms with van der Waals surface area (Å²) in [5.74, 6) is 0.885. The average molecular weight is 223 g/mol. The Morgan fingerprint density at radius 2 is 2.06 bits per heavy atom. The van der Waals surface area contributed by atoms with Crippen molar-refractivity contribution in [2.75, 3.05) is 13.2 Å². The van der Waals surface area contributed by atoms with Crippen LogP contribution in [-0.2, 0) is 4.74 Å². The van der Waals surface area contributed by atoms with E-state index >= 15 is 0 Å². The molecule has 2 heterocycles. The Kier molecular flexibility index (Phi) is 3.19. The molecule has 16 heavy (non-hydrogen) atoms. The molecular weight excluding hydrogens is 206 g/mol. The van der Waals surface area contributed by atoms with Crippen LogP contribution in [0.25, 0.3) is 0 Å². The quantitative estimate of drug-likeness (QED) is 0.384. The molecule has 0 amide bonds. The molecule has 2 aliphatic rings. The zero-order chi connectivity index (χ0) is 11.5. The number of hydrazone groups is 1. The second-order valence-corrected chi connectivity index (χ2v) is 4.12. The van der Waals surface area contributed by atoms with Crippen molar-refractivity contribution in [1.29, 1.82) is 5.41 Å². The summed E-state index contributed by atoms with van der Waals surface area (Å²) in [4.78, 5) is 6.33. The molecule has 6 nitrogen and oxygen atoms in total. The maximum Gasteiger partial charge on any atom is 0.221 e. The number of amidine groups is 1. The number of aliphatic imine (C=N–C) groups is 1. The number of guanidine groups is 1. The molecule has 0 aliphatic carbocycles. The summed E-state index contributed by atoms with van der Waals surface area (Å²) in [6.07, 6.45) is 2.22. The van der Waals surface area contributed by atoms with E-state index in [1.807, 2.05) is 0 Å². The molecular formula is C10H17N5O. The predicted octanol–water partition coefficient (Wildman–Crippen LogP) is 0.408. The highest BCUT2D eigenvalue weighted by Gasteiger charge is 2.39. The van der Waals surface area contributed by atoms with Crippen molar-refractivity contribution in [3.63, 3.8) is 0 Å². The van der Waals surface area contributed by atoms with Crippen LogP contribution >= 0.6 is 0 Å². The summed E-state index contributed by atoms with van der Waals surface area (Å²) in [5.41, 5.74) is 2.78. The van der Waals surface area contributed by atoms with Crippen LogP contribution in [-0.4, -0.2) is 48.7 Å². The predicted molar refractivity (Wildman–Crippen MR) is 63.0 cm³/mol. The number of fused-ring (bicyclic) bond motifs is 2. The van der Waals surface area contributed by atoms with Gasteiger partial charge in [-0.25, -0.2) is 5.43 Å². The van der Waals surface area contributed by atoms with E-state index in [0.717, 1.165) is 26.1 Å². The van der Waals surface area contributed by atoms with Crippen molar-refractivity contribution in [1.82, 2.24) is 10.3 Å². The Balaban J connectivity index is 2.19. The van der Waals surface area contributed by atoms with Crippen LogP contribution in [0.5, 0.6) is 0 Å². The standard InChI is InChI=1S/C10H17N5O/c1-7(11)13-10(14-12-2)15-8-3-4-9(15)6-16-5-8/h8-9H,2-6H2,1H3,(H2,11,13,14). The van der Waals surface area contributed by atoms with E-state index in [1.165, 1.54) is 0 Å². The van der Waals surface area contributed by atoms with Crippen LogP contribution in [0.4, 0.5) is 0 Å². The van der Waals surface area contributed by atoms with Crippen molar-refractivity contribution in [2.45, 2.75) is 31.8 Å². The normalized spacial score (nSPS) is 29.1. The molecule has 0 aromatic rings. The minimum atomic E-state index is 0.261. The molecule has 2 N–H and O–H groups in total. The number of nitrogens with zero attached hydrogens (tertiary/aromatic N) is 3. The highest BCUT2D eigenvalue weighted by Crippen LogP contribution is 2.28. The van der Waals surface area contributed by atoms with Gasteiger partial charge in [0.15, 0.2) is 0 Å². The van der Waals surface area contributed by atoms with Crippen LogP contribution < -0.4 is 5.43 Å². The molecule has 2 aliphatic heterocycles. The molecule has 88 valence electrons. The highest BCUT2D eigenvalue weighted by molar-refractivity contribution is 5.93. The van der Waals surface area contributed by atoms with Crippen LogP contribution in [0.3, 0.4) is 0 Å². The third-order valence-corrected chi connectivity index (χ3v) is 2.94. The number of rotatable bonds is 1. The van der Waals surface area contributed by atoms with E-state index in [0.29, 0.717) is 18.0 Å². The number of hydrogen-bond donors (Lipinski definition) is 2. The van der Waals surface area contributed by atoms with Crippen LogP contribution in [0.1, 0.15) is 19.8 Å². The molecule has 6 heteroatoms. The SMILES string of the molecule is C=NN/C(=N\C(C)=N)N1C2CCC1COC2. The fourth-order valence-electron chi connectivity index (χ4n) is 2.34. The first-order valence-electron chi connectivity index (χ1n) is 5.44. The van der Waals surface area contributed by atoms with Gasteiger partial charge in [0.2, 0.25) is 5.96 Å². The molecule has 2 unspecified atom stereocenters. The van der Waals surface area contributed by atoms with Gasteiger partial charge in [0, 0.05) is 6.72 Å². The molecule has 0 saturated carbocycles. The van der Waals surface area contributed by atoms with Crippen LogP contribution in [0.15, 0.2) is 10.1 Å². The summed E-state index contributed by atoms with van der Waals surface area (Å²) in [6.45, 7) is 6.50. The van der Waals surface area contributed by atoms with E-state index in [9.17, 15) is 0 Å². The zero-order valence-corrected chi connectivity index (χ0v) is 9.44. The number of nitrogens with one attached hydrogen (secondary N) is 2. The van der Waals surface area contributed by atoms with Gasteiger partial charge in [0.05, 0.1) is 25.3 Å². The summed E-state index contributed by atoms with van der Waals surface area (Å²) in [7, 11) is 0. The monoisotopic (exact) mass is 223 g/mol. The topological polar surface area (TPSA) is 73.1 Å². The largest absolute Gasteiger partial charge is 0.377 e. The lowest BCUT2D eigenvalue weighted by molar-refractivity contribution is 0.0188. The lowest BCUT2D eigenvalue weighted by atomic mass is 10.2. The van der Waals surface area contributed by atoms with E-state index in [2.05, 4.69) is 27.1 Å². The van der Waals surface area contributed by atoms with Crippen molar-refractivity contribution in [2.24, 2.45) is 10.1 Å². The summed E-state index contributed by atoms with van der Waals surface area (Å²) in [6, 6.07) is 0.706. The molecule has 0 aromatic carbocycles. The number of hydrogen-bond acceptors (Lipinski definition) is 3. The van der Waals surface area contributed by atoms with Crippen LogP contribution in [0.2, 0.25) is 0 Å². The summed E-state index contributed by atoms with van der Waals surface area (Å²) in [5, 5.41) is 11.1. The van der Waals surface area contributed by atoms with E-state index in [4.69, 9.17) is 10.1 Å². The lowest BCUT2D eigenvalue weighted by Gasteiger charge is -2.36. The van der Waals surface area contributed by atoms with Crippen molar-refractivity contribution < 1.29 is 4.74 Å². The molecule has 0 spiro atoms. The van der Waals surface area contributed by atoms with E-state index < -0.39 is 0 Å². The Hall–Kier alpha value is -1.43. The first-order chi connectivity index (χ1) is 7.72. The maximum atomic E-state index is 7.43. The van der Waals surface area contributed by atoms with E-state index in [-0.39, 0.29) is 5.84 Å². The second kappa shape index (κ2) is 4.61. The zero-order valence-electron chi connectivity index (χ0n) is 9.44. The minimum Gasteiger partial charge on any atom is -0.377 e. The summed E-state index contributed by atoms with van der Waals surface area (Å²) >= 11 is 0. The van der Waals surface area contributed by atoms with Crippen LogP contribution in [0, 0.1) is 5.41 Å².